The molecular formula is C14H18N4O2. The number of hydrogen-bond acceptors (Lipinski definition) is 5. The van der Waals surface area contributed by atoms with Crippen LogP contribution in [-0.2, 0) is 0 Å². The molecule has 6 nitrogen and oxygen atoms in total. The highest BCUT2D eigenvalue weighted by Crippen LogP contribution is 2.13. The molecule has 6 heteroatoms. The van der Waals surface area contributed by atoms with E-state index in [1.807, 2.05) is 26.8 Å². The Morgan fingerprint density at radius 1 is 1.45 bits per heavy atom. The summed E-state index contributed by atoms with van der Waals surface area (Å²) in [6.45, 7) is 6.36. The smallest absolute Gasteiger partial charge is 0.270 e. The lowest BCUT2D eigenvalue weighted by molar-refractivity contribution is 0.0929. The first-order valence-corrected chi connectivity index (χ1v) is 6.54. The van der Waals surface area contributed by atoms with Gasteiger partial charge in [0, 0.05) is 6.54 Å². The summed E-state index contributed by atoms with van der Waals surface area (Å²) in [5.74, 6) is 1.62. The van der Waals surface area contributed by atoms with Crippen LogP contribution in [0.4, 0.5) is 5.82 Å². The summed E-state index contributed by atoms with van der Waals surface area (Å²) in [7, 11) is 0. The molecule has 0 bridgehead atoms. The highest BCUT2D eigenvalue weighted by Gasteiger charge is 2.16. The zero-order valence-corrected chi connectivity index (χ0v) is 11.8. The molecule has 1 amide bonds. The molecule has 0 aliphatic carbocycles. The van der Waals surface area contributed by atoms with E-state index in [4.69, 9.17) is 4.42 Å². The van der Waals surface area contributed by atoms with Crippen molar-refractivity contribution in [2.75, 3.05) is 11.9 Å². The molecule has 2 rings (SSSR count). The molecule has 2 N–H and O–H groups in total. The van der Waals surface area contributed by atoms with Crippen molar-refractivity contribution < 1.29 is 9.21 Å². The molecule has 0 aliphatic heterocycles. The summed E-state index contributed by atoms with van der Waals surface area (Å²) in [5, 5.41) is 5.88. The van der Waals surface area contributed by atoms with Crippen molar-refractivity contribution >= 4 is 11.7 Å². The Balaban J connectivity index is 2.06. The summed E-state index contributed by atoms with van der Waals surface area (Å²) in [5.41, 5.74) is 0.360. The number of anilines is 1. The van der Waals surface area contributed by atoms with Crippen LogP contribution in [0.25, 0.3) is 0 Å². The molecule has 20 heavy (non-hydrogen) atoms. The van der Waals surface area contributed by atoms with Gasteiger partial charge in [0.05, 0.1) is 6.20 Å². The van der Waals surface area contributed by atoms with Gasteiger partial charge in [0.2, 0.25) is 5.89 Å². The van der Waals surface area contributed by atoms with Crippen molar-refractivity contribution in [1.82, 2.24) is 15.3 Å². The normalized spacial score (nSPS) is 11.9. The van der Waals surface area contributed by atoms with E-state index in [0.717, 1.165) is 6.54 Å². The van der Waals surface area contributed by atoms with Gasteiger partial charge < -0.3 is 15.1 Å². The lowest BCUT2D eigenvalue weighted by atomic mass is 10.3. The third-order valence-electron chi connectivity index (χ3n) is 2.70. The minimum atomic E-state index is -0.305. The van der Waals surface area contributed by atoms with Gasteiger partial charge in [-0.05, 0) is 32.9 Å². The van der Waals surface area contributed by atoms with E-state index in [1.54, 1.807) is 18.3 Å². The van der Waals surface area contributed by atoms with E-state index in [1.165, 1.54) is 0 Å². The van der Waals surface area contributed by atoms with Gasteiger partial charge >= 0.3 is 0 Å². The molecule has 2 aromatic heterocycles. The maximum absolute atomic E-state index is 12.1. The number of nitrogens with zero attached hydrogens (tertiary/aromatic N) is 2. The Morgan fingerprint density at radius 2 is 2.25 bits per heavy atom. The van der Waals surface area contributed by atoms with E-state index < -0.39 is 0 Å². The molecule has 0 aliphatic rings. The standard InChI is InChI=1S/C14H18N4O2/c1-4-15-12-7-5-6-11(18-12)13(19)17-10(3)14-16-8-9(2)20-14/h5-8,10H,4H2,1-3H3,(H,15,18)(H,17,19). The van der Waals surface area contributed by atoms with E-state index >= 15 is 0 Å². The molecule has 0 saturated heterocycles. The number of oxazole rings is 1. The Hall–Kier alpha value is -2.37. The van der Waals surface area contributed by atoms with Crippen LogP contribution in [0.15, 0.2) is 28.8 Å². The van der Waals surface area contributed by atoms with Crippen molar-refractivity contribution in [3.8, 4) is 0 Å². The van der Waals surface area contributed by atoms with Crippen LogP contribution in [0.1, 0.15) is 42.0 Å². The maximum Gasteiger partial charge on any atom is 0.270 e. The van der Waals surface area contributed by atoms with Crippen molar-refractivity contribution in [2.24, 2.45) is 0 Å². The summed E-state index contributed by atoms with van der Waals surface area (Å²) in [6, 6.07) is 4.98. The highest BCUT2D eigenvalue weighted by atomic mass is 16.4. The second-order valence-corrected chi connectivity index (χ2v) is 4.44. The molecule has 106 valence electrons. The van der Waals surface area contributed by atoms with Gasteiger partial charge in [0.1, 0.15) is 23.3 Å². The van der Waals surface area contributed by atoms with Crippen LogP contribution in [0.5, 0.6) is 0 Å². The topological polar surface area (TPSA) is 80.0 Å². The number of rotatable bonds is 5. The van der Waals surface area contributed by atoms with E-state index in [9.17, 15) is 4.79 Å². The third-order valence-corrected chi connectivity index (χ3v) is 2.70. The monoisotopic (exact) mass is 274 g/mol. The Labute approximate surface area is 117 Å². The van der Waals surface area contributed by atoms with Gasteiger partial charge in [-0.3, -0.25) is 4.79 Å². The molecule has 2 aromatic rings. The first-order valence-electron chi connectivity index (χ1n) is 6.54. The van der Waals surface area contributed by atoms with Crippen LogP contribution in [0.2, 0.25) is 0 Å². The first kappa shape index (κ1) is 14.0. The molecular weight excluding hydrogens is 256 g/mol. The molecule has 0 saturated carbocycles. The van der Waals surface area contributed by atoms with Gasteiger partial charge in [-0.15, -0.1) is 0 Å². The molecule has 0 aromatic carbocycles. The Kier molecular flexibility index (Phi) is 4.34. The Bertz CT molecular complexity index is 594. The van der Waals surface area contributed by atoms with Crippen molar-refractivity contribution in [2.45, 2.75) is 26.8 Å². The van der Waals surface area contributed by atoms with Gasteiger partial charge in [-0.2, -0.15) is 0 Å². The van der Waals surface area contributed by atoms with E-state index in [2.05, 4.69) is 20.6 Å². The van der Waals surface area contributed by atoms with Crippen LogP contribution >= 0.6 is 0 Å². The number of amides is 1. The molecule has 1 atom stereocenters. The number of carbonyl (C=O) groups excluding carboxylic acids is 1. The van der Waals surface area contributed by atoms with Crippen LogP contribution in [0.3, 0.4) is 0 Å². The minimum Gasteiger partial charge on any atom is -0.444 e. The number of aryl methyl sites for hydroxylation is 1. The first-order chi connectivity index (χ1) is 9.60. The summed E-state index contributed by atoms with van der Waals surface area (Å²) in [4.78, 5) is 20.5. The molecule has 2 heterocycles. The lowest BCUT2D eigenvalue weighted by Gasteiger charge is -2.10. The summed E-state index contributed by atoms with van der Waals surface area (Å²) in [6.07, 6.45) is 1.63. The summed E-state index contributed by atoms with van der Waals surface area (Å²) >= 11 is 0. The highest BCUT2D eigenvalue weighted by molar-refractivity contribution is 5.92. The number of nitrogens with one attached hydrogen (secondary N) is 2. The average Bonchev–Trinajstić information content (AvgIpc) is 2.86. The number of hydrogen-bond donors (Lipinski definition) is 2. The number of pyridine rings is 1. The fourth-order valence-electron chi connectivity index (χ4n) is 1.75. The zero-order chi connectivity index (χ0) is 14.5. The second kappa shape index (κ2) is 6.18. The van der Waals surface area contributed by atoms with E-state index in [0.29, 0.717) is 23.2 Å². The molecule has 1 unspecified atom stereocenters. The van der Waals surface area contributed by atoms with Crippen molar-refractivity contribution in [3.05, 3.63) is 41.7 Å². The number of carbonyl (C=O) groups is 1. The van der Waals surface area contributed by atoms with Crippen molar-refractivity contribution in [3.63, 3.8) is 0 Å². The predicted molar refractivity (Wildman–Crippen MR) is 75.5 cm³/mol. The zero-order valence-electron chi connectivity index (χ0n) is 11.8. The largest absolute Gasteiger partial charge is 0.444 e. The Morgan fingerprint density at radius 3 is 2.90 bits per heavy atom. The minimum absolute atomic E-state index is 0.256. The molecule has 0 radical (unpaired) electrons. The van der Waals surface area contributed by atoms with Crippen LogP contribution in [-0.4, -0.2) is 22.4 Å². The van der Waals surface area contributed by atoms with E-state index in [-0.39, 0.29) is 11.9 Å². The number of aromatic nitrogens is 2. The van der Waals surface area contributed by atoms with Crippen LogP contribution < -0.4 is 10.6 Å². The molecule has 0 spiro atoms. The lowest BCUT2D eigenvalue weighted by Crippen LogP contribution is -2.27. The fraction of sp³-hybridized carbons (Fsp3) is 0.357. The molecule has 0 fully saturated rings. The van der Waals surface area contributed by atoms with Crippen LogP contribution in [0, 0.1) is 6.92 Å². The third kappa shape index (κ3) is 3.34. The second-order valence-electron chi connectivity index (χ2n) is 4.44. The van der Waals surface area contributed by atoms with Gasteiger partial charge in [0.15, 0.2) is 0 Å². The van der Waals surface area contributed by atoms with Gasteiger partial charge in [-0.1, -0.05) is 6.07 Å². The fourth-order valence-corrected chi connectivity index (χ4v) is 1.75. The SMILES string of the molecule is CCNc1cccc(C(=O)NC(C)c2ncc(C)o2)n1. The maximum atomic E-state index is 12.1. The van der Waals surface area contributed by atoms with Crippen molar-refractivity contribution in [1.29, 1.82) is 0 Å². The van der Waals surface area contributed by atoms with Gasteiger partial charge in [0.25, 0.3) is 5.91 Å². The average molecular weight is 274 g/mol. The summed E-state index contributed by atoms with van der Waals surface area (Å²) < 4.78 is 5.39. The van der Waals surface area contributed by atoms with Gasteiger partial charge in [-0.25, -0.2) is 9.97 Å². The quantitative estimate of drug-likeness (QED) is 0.874. The predicted octanol–water partition coefficient (Wildman–Crippen LogP) is 2.30.